The molecule has 0 radical (unpaired) electrons. The van der Waals surface area contributed by atoms with Crippen molar-refractivity contribution in [2.75, 3.05) is 37.0 Å². The molecule has 12 heteroatoms. The van der Waals surface area contributed by atoms with Gasteiger partial charge in [0.2, 0.25) is 10.0 Å². The predicted molar refractivity (Wildman–Crippen MR) is 111 cm³/mol. The van der Waals surface area contributed by atoms with E-state index in [1.807, 2.05) is 13.1 Å². The van der Waals surface area contributed by atoms with E-state index in [9.17, 15) is 21.6 Å². The van der Waals surface area contributed by atoms with Crippen LogP contribution in [0.15, 0.2) is 12.1 Å². The van der Waals surface area contributed by atoms with Crippen molar-refractivity contribution in [3.8, 4) is 5.75 Å². The number of fused-ring (bicyclic) bond motifs is 1. The number of alkyl halides is 3. The van der Waals surface area contributed by atoms with E-state index in [2.05, 4.69) is 15.6 Å². The van der Waals surface area contributed by atoms with E-state index in [1.54, 1.807) is 16.1 Å². The van der Waals surface area contributed by atoms with Crippen LogP contribution in [-0.4, -0.2) is 58.1 Å². The van der Waals surface area contributed by atoms with E-state index in [0.717, 1.165) is 11.3 Å². The van der Waals surface area contributed by atoms with Crippen LogP contribution >= 0.6 is 0 Å². The zero-order chi connectivity index (χ0) is 22.4. The van der Waals surface area contributed by atoms with Gasteiger partial charge in [0.1, 0.15) is 11.4 Å². The Bertz CT molecular complexity index is 919. The molecule has 3 N–H and O–H groups in total. The van der Waals surface area contributed by atoms with Crippen molar-refractivity contribution in [1.82, 2.24) is 15.9 Å². The molecule has 0 aromatic heterocycles. The van der Waals surface area contributed by atoms with Crippen LogP contribution in [0.25, 0.3) is 0 Å². The Kier molecular flexibility index (Phi) is 6.01. The lowest BCUT2D eigenvalue weighted by Crippen LogP contribution is -2.45. The summed E-state index contributed by atoms with van der Waals surface area (Å²) in [5.41, 5.74) is 8.09. The number of hydrogen-bond donors (Lipinski definition) is 3. The van der Waals surface area contributed by atoms with Crippen LogP contribution in [-0.2, 0) is 16.6 Å². The van der Waals surface area contributed by atoms with Crippen LogP contribution in [0.3, 0.4) is 0 Å². The number of benzene rings is 1. The maximum absolute atomic E-state index is 13.2. The predicted octanol–water partition coefficient (Wildman–Crippen LogP) is 2.20. The summed E-state index contributed by atoms with van der Waals surface area (Å²) in [5.74, 6) is -0.945. The van der Waals surface area contributed by atoms with E-state index < -0.39 is 27.4 Å². The van der Waals surface area contributed by atoms with Crippen molar-refractivity contribution < 1.29 is 26.3 Å². The standard InChI is InChI=1S/C19H28F3N5O3S/c1-26-18-12(9-23-26)3-8-16(30-2)17(18)25-31(28,29)15-6-4-14(5-7-15)27-11-13(10-24-27)19(20,21)22/h3,8,13-15,23-25H,4-7,9-11H2,1-2H3. The molecule has 0 spiro atoms. The molecule has 2 fully saturated rings. The summed E-state index contributed by atoms with van der Waals surface area (Å²) in [5, 5.41) is 2.80. The lowest BCUT2D eigenvalue weighted by Gasteiger charge is -2.34. The van der Waals surface area contributed by atoms with Crippen molar-refractivity contribution in [2.45, 2.75) is 49.7 Å². The number of rotatable bonds is 5. The number of nitrogens with zero attached hydrogens (tertiary/aromatic N) is 2. The SMILES string of the molecule is COc1ccc2c(c1NS(=O)(=O)C1CCC(N3CC(C(F)(F)F)CN3)CC1)N(C)NC2. The number of sulfonamides is 1. The van der Waals surface area contributed by atoms with Gasteiger partial charge in [-0.05, 0) is 37.3 Å². The number of halogens is 3. The normalized spacial score (nSPS) is 27.4. The lowest BCUT2D eigenvalue weighted by molar-refractivity contribution is -0.167. The number of hydrazine groups is 2. The Balaban J connectivity index is 1.43. The number of anilines is 2. The van der Waals surface area contributed by atoms with E-state index in [4.69, 9.17) is 4.74 Å². The Morgan fingerprint density at radius 1 is 1.16 bits per heavy atom. The minimum absolute atomic E-state index is 0.0868. The maximum Gasteiger partial charge on any atom is 0.394 e. The molecule has 3 aliphatic rings. The van der Waals surface area contributed by atoms with Gasteiger partial charge in [0, 0.05) is 32.7 Å². The monoisotopic (exact) mass is 463 g/mol. The first-order valence-electron chi connectivity index (χ1n) is 10.4. The van der Waals surface area contributed by atoms with Gasteiger partial charge in [-0.3, -0.25) is 10.1 Å². The summed E-state index contributed by atoms with van der Waals surface area (Å²) >= 11 is 0. The molecule has 2 heterocycles. The first kappa shape index (κ1) is 22.4. The second kappa shape index (κ2) is 8.30. The fourth-order valence-electron chi connectivity index (χ4n) is 4.68. The molecule has 8 nitrogen and oxygen atoms in total. The summed E-state index contributed by atoms with van der Waals surface area (Å²) in [6.07, 6.45) is -2.40. The van der Waals surface area contributed by atoms with E-state index in [1.165, 1.54) is 7.11 Å². The highest BCUT2D eigenvalue weighted by Gasteiger charge is 2.46. The van der Waals surface area contributed by atoms with Gasteiger partial charge in [0.05, 0.1) is 24.0 Å². The molecule has 1 aliphatic carbocycles. The zero-order valence-electron chi connectivity index (χ0n) is 17.5. The highest BCUT2D eigenvalue weighted by atomic mass is 32.2. The average Bonchev–Trinajstić information content (AvgIpc) is 3.36. The molecule has 1 atom stereocenters. The zero-order valence-corrected chi connectivity index (χ0v) is 18.3. The van der Waals surface area contributed by atoms with Crippen molar-refractivity contribution >= 4 is 21.4 Å². The fourth-order valence-corrected chi connectivity index (χ4v) is 6.22. The second-order valence-corrected chi connectivity index (χ2v) is 10.3. The highest BCUT2D eigenvalue weighted by molar-refractivity contribution is 7.93. The van der Waals surface area contributed by atoms with E-state index >= 15 is 0 Å². The molecule has 1 unspecified atom stereocenters. The molecule has 0 amide bonds. The molecule has 4 rings (SSSR count). The van der Waals surface area contributed by atoms with Gasteiger partial charge in [-0.25, -0.2) is 18.9 Å². The summed E-state index contributed by atoms with van der Waals surface area (Å²) in [6.45, 7) is 0.387. The van der Waals surface area contributed by atoms with Gasteiger partial charge in [-0.15, -0.1) is 0 Å². The van der Waals surface area contributed by atoms with E-state index in [0.29, 0.717) is 43.7 Å². The molecule has 1 saturated carbocycles. The second-order valence-electron chi connectivity index (χ2n) is 8.38. The Labute approximate surface area is 180 Å². The van der Waals surface area contributed by atoms with Crippen LogP contribution < -0.4 is 25.3 Å². The first-order valence-corrected chi connectivity index (χ1v) is 11.9. The highest BCUT2D eigenvalue weighted by Crippen LogP contribution is 2.41. The minimum atomic E-state index is -4.22. The summed E-state index contributed by atoms with van der Waals surface area (Å²) in [7, 11) is -0.397. The van der Waals surface area contributed by atoms with Gasteiger partial charge in [-0.2, -0.15) is 13.2 Å². The number of nitrogens with one attached hydrogen (secondary N) is 3. The summed E-state index contributed by atoms with van der Waals surface area (Å²) in [6, 6.07) is 3.54. The third-order valence-electron chi connectivity index (χ3n) is 6.47. The largest absolute Gasteiger partial charge is 0.494 e. The molecule has 1 aromatic rings. The molecular weight excluding hydrogens is 435 g/mol. The lowest BCUT2D eigenvalue weighted by atomic mass is 9.94. The van der Waals surface area contributed by atoms with Crippen LogP contribution in [0.4, 0.5) is 24.5 Å². The quantitative estimate of drug-likeness (QED) is 0.617. The van der Waals surface area contributed by atoms with Crippen LogP contribution in [0.1, 0.15) is 31.2 Å². The number of methoxy groups -OCH3 is 1. The van der Waals surface area contributed by atoms with Gasteiger partial charge in [-0.1, -0.05) is 6.07 Å². The molecular formula is C19H28F3N5O3S. The van der Waals surface area contributed by atoms with Crippen LogP contribution in [0, 0.1) is 5.92 Å². The Hall–Kier alpha value is -1.76. The van der Waals surface area contributed by atoms with Gasteiger partial charge >= 0.3 is 6.18 Å². The van der Waals surface area contributed by atoms with Crippen LogP contribution in [0.5, 0.6) is 5.75 Å². The third kappa shape index (κ3) is 4.43. The molecule has 31 heavy (non-hydrogen) atoms. The topological polar surface area (TPSA) is 85.9 Å². The van der Waals surface area contributed by atoms with Crippen molar-refractivity contribution in [3.05, 3.63) is 17.7 Å². The number of ether oxygens (including phenoxy) is 1. The molecule has 174 valence electrons. The molecule has 1 saturated heterocycles. The summed E-state index contributed by atoms with van der Waals surface area (Å²) < 4.78 is 73.3. The summed E-state index contributed by atoms with van der Waals surface area (Å²) in [4.78, 5) is 0. The third-order valence-corrected chi connectivity index (χ3v) is 8.31. The Morgan fingerprint density at radius 2 is 1.87 bits per heavy atom. The first-order chi connectivity index (χ1) is 14.6. The minimum Gasteiger partial charge on any atom is -0.494 e. The van der Waals surface area contributed by atoms with Crippen molar-refractivity contribution in [3.63, 3.8) is 0 Å². The molecule has 0 bridgehead atoms. The van der Waals surface area contributed by atoms with Crippen molar-refractivity contribution in [2.24, 2.45) is 5.92 Å². The maximum atomic E-state index is 13.2. The van der Waals surface area contributed by atoms with Gasteiger partial charge in [0.25, 0.3) is 0 Å². The van der Waals surface area contributed by atoms with Gasteiger partial charge in [0.15, 0.2) is 0 Å². The van der Waals surface area contributed by atoms with Gasteiger partial charge < -0.3 is 9.75 Å². The smallest absolute Gasteiger partial charge is 0.394 e. The Morgan fingerprint density at radius 3 is 2.48 bits per heavy atom. The average molecular weight is 464 g/mol. The molecule has 1 aromatic carbocycles. The molecule has 2 aliphatic heterocycles. The van der Waals surface area contributed by atoms with E-state index in [-0.39, 0.29) is 19.1 Å². The fraction of sp³-hybridized carbons (Fsp3) is 0.684. The van der Waals surface area contributed by atoms with Crippen LogP contribution in [0.2, 0.25) is 0 Å². The van der Waals surface area contributed by atoms with Crippen molar-refractivity contribution in [1.29, 1.82) is 0 Å². The number of hydrogen-bond acceptors (Lipinski definition) is 7.